The molecule has 9 heteroatoms. The van der Waals surface area contributed by atoms with E-state index in [2.05, 4.69) is 15.5 Å². The molecule has 0 saturated carbocycles. The van der Waals surface area contributed by atoms with Crippen molar-refractivity contribution in [3.8, 4) is 11.4 Å². The van der Waals surface area contributed by atoms with Gasteiger partial charge in [0.1, 0.15) is 5.82 Å². The second-order valence-electron chi connectivity index (χ2n) is 5.34. The number of nitrogens with zero attached hydrogens (tertiary/aromatic N) is 3. The molecule has 3 rings (SSSR count). The van der Waals surface area contributed by atoms with E-state index in [9.17, 15) is 18.0 Å². The minimum absolute atomic E-state index is 0.00583. The molecule has 3 aromatic rings. The van der Waals surface area contributed by atoms with Crippen LogP contribution < -0.4 is 5.32 Å². The van der Waals surface area contributed by atoms with Gasteiger partial charge in [-0.1, -0.05) is 23.9 Å². The molecular formula is C17H13F3N4OS. The number of thioether (sulfide) groups is 1. The predicted octanol–water partition coefficient (Wildman–Crippen LogP) is 3.63. The average Bonchev–Trinajstić information content (AvgIpc) is 2.97. The Bertz CT molecular complexity index is 961. The highest BCUT2D eigenvalue weighted by molar-refractivity contribution is 7.99. The van der Waals surface area contributed by atoms with Crippen molar-refractivity contribution >= 4 is 23.4 Å². The van der Waals surface area contributed by atoms with Gasteiger partial charge in [0.05, 0.1) is 5.75 Å². The lowest BCUT2D eigenvalue weighted by atomic mass is 10.2. The highest BCUT2D eigenvalue weighted by Gasteiger charge is 2.14. The summed E-state index contributed by atoms with van der Waals surface area (Å²) in [6, 6.07) is 9.06. The van der Waals surface area contributed by atoms with Crippen molar-refractivity contribution in [3.63, 3.8) is 0 Å². The molecule has 1 amide bonds. The number of aromatic nitrogens is 3. The van der Waals surface area contributed by atoms with Crippen molar-refractivity contribution in [2.75, 3.05) is 11.1 Å². The zero-order chi connectivity index (χ0) is 18.7. The van der Waals surface area contributed by atoms with Gasteiger partial charge in [0.2, 0.25) is 5.91 Å². The molecule has 0 spiro atoms. The Morgan fingerprint density at radius 2 is 1.92 bits per heavy atom. The summed E-state index contributed by atoms with van der Waals surface area (Å²) in [6.45, 7) is 0. The SMILES string of the molecule is Cn1c(SCC(=O)Nc2ccc(F)c(F)c2)nnc1-c1cccc(F)c1. The largest absolute Gasteiger partial charge is 0.325 e. The minimum Gasteiger partial charge on any atom is -0.325 e. The lowest BCUT2D eigenvalue weighted by Gasteiger charge is -2.06. The summed E-state index contributed by atoms with van der Waals surface area (Å²) in [6.07, 6.45) is 0. The number of amides is 1. The summed E-state index contributed by atoms with van der Waals surface area (Å²) >= 11 is 1.12. The molecule has 0 radical (unpaired) electrons. The smallest absolute Gasteiger partial charge is 0.234 e. The molecule has 1 heterocycles. The van der Waals surface area contributed by atoms with Crippen LogP contribution in [0.25, 0.3) is 11.4 Å². The second-order valence-corrected chi connectivity index (χ2v) is 6.28. The lowest BCUT2D eigenvalue weighted by Crippen LogP contribution is -2.14. The molecule has 0 aliphatic rings. The van der Waals surface area contributed by atoms with Gasteiger partial charge in [-0.05, 0) is 24.3 Å². The van der Waals surface area contributed by atoms with E-state index in [0.29, 0.717) is 16.5 Å². The molecule has 0 bridgehead atoms. The van der Waals surface area contributed by atoms with Crippen LogP contribution in [-0.2, 0) is 11.8 Å². The van der Waals surface area contributed by atoms with Gasteiger partial charge >= 0.3 is 0 Å². The molecule has 0 saturated heterocycles. The Morgan fingerprint density at radius 3 is 2.65 bits per heavy atom. The molecule has 26 heavy (non-hydrogen) atoms. The van der Waals surface area contributed by atoms with Crippen molar-refractivity contribution in [2.45, 2.75) is 5.16 Å². The molecule has 2 aromatic carbocycles. The molecule has 0 unspecified atom stereocenters. The summed E-state index contributed by atoms with van der Waals surface area (Å²) in [7, 11) is 1.70. The van der Waals surface area contributed by atoms with E-state index in [1.807, 2.05) is 0 Å². The number of rotatable bonds is 5. The van der Waals surface area contributed by atoms with Crippen LogP contribution in [-0.4, -0.2) is 26.4 Å². The Balaban J connectivity index is 1.64. The number of nitrogens with one attached hydrogen (secondary N) is 1. The normalized spacial score (nSPS) is 10.8. The fourth-order valence-corrected chi connectivity index (χ4v) is 2.93. The maximum atomic E-state index is 13.3. The zero-order valence-corrected chi connectivity index (χ0v) is 14.4. The van der Waals surface area contributed by atoms with Crippen molar-refractivity contribution in [2.24, 2.45) is 7.05 Å². The Morgan fingerprint density at radius 1 is 1.12 bits per heavy atom. The third-order valence-corrected chi connectivity index (χ3v) is 4.47. The highest BCUT2D eigenvalue weighted by Crippen LogP contribution is 2.23. The Labute approximate surface area is 151 Å². The molecule has 0 aliphatic heterocycles. The standard InChI is InChI=1S/C17H13F3N4OS/c1-24-16(10-3-2-4-11(18)7-10)22-23-17(24)26-9-15(25)21-12-5-6-13(19)14(20)8-12/h2-8H,9H2,1H3,(H,21,25). The van der Waals surface area contributed by atoms with Crippen molar-refractivity contribution in [1.29, 1.82) is 0 Å². The average molecular weight is 378 g/mol. The number of hydrogen-bond acceptors (Lipinski definition) is 4. The predicted molar refractivity (Wildman–Crippen MR) is 92.1 cm³/mol. The van der Waals surface area contributed by atoms with E-state index in [0.717, 1.165) is 23.9 Å². The topological polar surface area (TPSA) is 59.8 Å². The minimum atomic E-state index is -1.04. The van der Waals surface area contributed by atoms with Crippen molar-refractivity contribution in [3.05, 3.63) is 59.9 Å². The molecule has 5 nitrogen and oxygen atoms in total. The van der Waals surface area contributed by atoms with Gasteiger partial charge in [0.25, 0.3) is 0 Å². The van der Waals surface area contributed by atoms with Crippen molar-refractivity contribution < 1.29 is 18.0 Å². The number of carbonyl (C=O) groups excluding carboxylic acids is 1. The van der Waals surface area contributed by atoms with E-state index in [1.54, 1.807) is 23.7 Å². The fraction of sp³-hybridized carbons (Fsp3) is 0.118. The molecule has 134 valence electrons. The molecule has 0 aliphatic carbocycles. The van der Waals surface area contributed by atoms with Gasteiger partial charge in [-0.25, -0.2) is 13.2 Å². The fourth-order valence-electron chi connectivity index (χ4n) is 2.22. The van der Waals surface area contributed by atoms with E-state index >= 15 is 0 Å². The summed E-state index contributed by atoms with van der Waals surface area (Å²) < 4.78 is 41.0. The van der Waals surface area contributed by atoms with E-state index < -0.39 is 17.5 Å². The Kier molecular flexibility index (Phi) is 5.27. The van der Waals surface area contributed by atoms with Gasteiger partial charge < -0.3 is 9.88 Å². The van der Waals surface area contributed by atoms with Gasteiger partial charge in [-0.2, -0.15) is 0 Å². The van der Waals surface area contributed by atoms with Crippen LogP contribution in [0.4, 0.5) is 18.9 Å². The number of halogens is 3. The molecular weight excluding hydrogens is 365 g/mol. The van der Waals surface area contributed by atoms with Gasteiger partial charge in [-0.15, -0.1) is 10.2 Å². The van der Waals surface area contributed by atoms with E-state index in [1.165, 1.54) is 18.2 Å². The van der Waals surface area contributed by atoms with Crippen LogP contribution >= 0.6 is 11.8 Å². The first kappa shape index (κ1) is 18.0. The highest BCUT2D eigenvalue weighted by atomic mass is 32.2. The third kappa shape index (κ3) is 4.05. The van der Waals surface area contributed by atoms with Crippen LogP contribution in [0, 0.1) is 17.5 Å². The van der Waals surface area contributed by atoms with Gasteiger partial charge in [0, 0.05) is 24.4 Å². The van der Waals surface area contributed by atoms with E-state index in [4.69, 9.17) is 0 Å². The first-order valence-electron chi connectivity index (χ1n) is 7.47. The molecule has 0 atom stereocenters. The van der Waals surface area contributed by atoms with E-state index in [-0.39, 0.29) is 17.3 Å². The van der Waals surface area contributed by atoms with Crippen LogP contribution in [0.5, 0.6) is 0 Å². The number of benzene rings is 2. The number of hydrogen-bond donors (Lipinski definition) is 1. The van der Waals surface area contributed by atoms with Crippen LogP contribution in [0.15, 0.2) is 47.6 Å². The zero-order valence-electron chi connectivity index (χ0n) is 13.5. The summed E-state index contributed by atoms with van der Waals surface area (Å²) in [4.78, 5) is 12.0. The monoisotopic (exact) mass is 378 g/mol. The summed E-state index contributed by atoms with van der Waals surface area (Å²) in [5.74, 6) is -2.35. The first-order valence-corrected chi connectivity index (χ1v) is 8.45. The molecule has 1 aromatic heterocycles. The maximum Gasteiger partial charge on any atom is 0.234 e. The quantitative estimate of drug-likeness (QED) is 0.689. The molecule has 0 fully saturated rings. The van der Waals surface area contributed by atoms with Gasteiger partial charge in [0.15, 0.2) is 22.6 Å². The van der Waals surface area contributed by atoms with Crippen LogP contribution in [0.1, 0.15) is 0 Å². The lowest BCUT2D eigenvalue weighted by molar-refractivity contribution is -0.113. The van der Waals surface area contributed by atoms with Crippen LogP contribution in [0.3, 0.4) is 0 Å². The van der Waals surface area contributed by atoms with Crippen LogP contribution in [0.2, 0.25) is 0 Å². The molecule has 1 N–H and O–H groups in total. The maximum absolute atomic E-state index is 13.3. The second kappa shape index (κ2) is 7.61. The number of anilines is 1. The Hall–Kier alpha value is -2.81. The summed E-state index contributed by atoms with van der Waals surface area (Å²) in [5.41, 5.74) is 0.728. The van der Waals surface area contributed by atoms with Crippen molar-refractivity contribution in [1.82, 2.24) is 14.8 Å². The third-order valence-electron chi connectivity index (χ3n) is 3.45. The number of carbonyl (C=O) groups is 1. The first-order chi connectivity index (χ1) is 12.4. The van der Waals surface area contributed by atoms with Gasteiger partial charge in [-0.3, -0.25) is 4.79 Å². The summed E-state index contributed by atoms with van der Waals surface area (Å²) in [5, 5.41) is 10.9.